The highest BCUT2D eigenvalue weighted by molar-refractivity contribution is 6.05. The monoisotopic (exact) mass is 390 g/mol. The fourth-order valence-corrected chi connectivity index (χ4v) is 3.35. The fourth-order valence-electron chi connectivity index (χ4n) is 3.35. The predicted molar refractivity (Wildman–Crippen MR) is 109 cm³/mol. The first-order valence-corrected chi connectivity index (χ1v) is 9.25. The van der Waals surface area contributed by atoms with Crippen LogP contribution in [0.2, 0.25) is 0 Å². The van der Waals surface area contributed by atoms with Crippen molar-refractivity contribution in [3.05, 3.63) is 83.7 Å². The largest absolute Gasteiger partial charge is 0.457 e. The van der Waals surface area contributed by atoms with E-state index in [2.05, 4.69) is 5.32 Å². The van der Waals surface area contributed by atoms with Crippen LogP contribution in [0.15, 0.2) is 66.7 Å². The Morgan fingerprint density at radius 2 is 1.79 bits per heavy atom. The number of carbonyl (C=O) groups is 2. The number of fused-ring (bicyclic) bond motifs is 1. The minimum absolute atomic E-state index is 0.00139. The quantitative estimate of drug-likeness (QED) is 0.698. The van der Waals surface area contributed by atoms with E-state index in [1.165, 1.54) is 19.1 Å². The summed E-state index contributed by atoms with van der Waals surface area (Å²) in [6.07, 6.45) is 0.738. The molecule has 0 aromatic heterocycles. The Bertz CT molecular complexity index is 1080. The van der Waals surface area contributed by atoms with Gasteiger partial charge in [-0.2, -0.15) is 0 Å². The van der Waals surface area contributed by atoms with Crippen molar-refractivity contribution < 1.29 is 18.7 Å². The number of amides is 2. The Kier molecular flexibility index (Phi) is 4.99. The number of nitrogens with zero attached hydrogens (tertiary/aromatic N) is 1. The first-order valence-electron chi connectivity index (χ1n) is 9.25. The van der Waals surface area contributed by atoms with Gasteiger partial charge in [0.1, 0.15) is 17.3 Å². The number of benzene rings is 3. The Morgan fingerprint density at radius 3 is 2.52 bits per heavy atom. The lowest BCUT2D eigenvalue weighted by atomic mass is 10.1. The Labute approximate surface area is 167 Å². The van der Waals surface area contributed by atoms with E-state index in [1.54, 1.807) is 47.4 Å². The van der Waals surface area contributed by atoms with E-state index in [1.807, 2.05) is 12.1 Å². The number of hydrogen-bond acceptors (Lipinski definition) is 3. The normalized spacial score (nSPS) is 12.4. The smallest absolute Gasteiger partial charge is 0.255 e. The van der Waals surface area contributed by atoms with E-state index in [4.69, 9.17) is 4.74 Å². The van der Waals surface area contributed by atoms with Crippen LogP contribution < -0.4 is 15.0 Å². The van der Waals surface area contributed by atoms with Crippen LogP contribution in [0.5, 0.6) is 11.5 Å². The van der Waals surface area contributed by atoms with Crippen LogP contribution in [0.4, 0.5) is 15.8 Å². The SMILES string of the molecule is CC(=O)N1CCc2cc(C(=O)Nc3ccc(Oc4cccc(F)c4)cc3)ccc21. The van der Waals surface area contributed by atoms with Gasteiger partial charge in [0.2, 0.25) is 5.91 Å². The first-order chi connectivity index (χ1) is 14.0. The molecule has 6 heteroatoms. The summed E-state index contributed by atoms with van der Waals surface area (Å²) in [6.45, 7) is 2.18. The summed E-state index contributed by atoms with van der Waals surface area (Å²) >= 11 is 0. The second-order valence-corrected chi connectivity index (χ2v) is 6.80. The maximum atomic E-state index is 13.2. The second-order valence-electron chi connectivity index (χ2n) is 6.80. The van der Waals surface area contributed by atoms with Gasteiger partial charge in [-0.05, 0) is 66.6 Å². The summed E-state index contributed by atoms with van der Waals surface area (Å²) in [5.74, 6) is 0.344. The molecule has 0 aliphatic carbocycles. The van der Waals surface area contributed by atoms with Crippen molar-refractivity contribution in [3.8, 4) is 11.5 Å². The lowest BCUT2D eigenvalue weighted by Gasteiger charge is -2.14. The maximum Gasteiger partial charge on any atom is 0.255 e. The molecule has 0 saturated carbocycles. The fraction of sp³-hybridized carbons (Fsp3) is 0.130. The zero-order valence-electron chi connectivity index (χ0n) is 15.8. The average Bonchev–Trinajstić information content (AvgIpc) is 3.13. The van der Waals surface area contributed by atoms with E-state index >= 15 is 0 Å². The van der Waals surface area contributed by atoms with Crippen molar-refractivity contribution >= 4 is 23.2 Å². The summed E-state index contributed by atoms with van der Waals surface area (Å²) in [6, 6.07) is 18.1. The van der Waals surface area contributed by atoms with Gasteiger partial charge in [0.05, 0.1) is 0 Å². The summed E-state index contributed by atoms with van der Waals surface area (Å²) in [4.78, 5) is 25.9. The molecule has 146 valence electrons. The molecule has 1 aliphatic heterocycles. The van der Waals surface area contributed by atoms with Gasteiger partial charge in [-0.3, -0.25) is 9.59 Å². The van der Waals surface area contributed by atoms with Gasteiger partial charge < -0.3 is 15.0 Å². The van der Waals surface area contributed by atoms with E-state index in [0.717, 1.165) is 17.7 Å². The molecule has 0 fully saturated rings. The van der Waals surface area contributed by atoms with E-state index in [-0.39, 0.29) is 17.6 Å². The molecule has 2 amide bonds. The summed E-state index contributed by atoms with van der Waals surface area (Å²) in [5.41, 5.74) is 3.02. The molecule has 0 spiro atoms. The molecule has 1 heterocycles. The third kappa shape index (κ3) is 4.11. The Morgan fingerprint density at radius 1 is 1.00 bits per heavy atom. The maximum absolute atomic E-state index is 13.2. The third-order valence-corrected chi connectivity index (χ3v) is 4.76. The standard InChI is InChI=1S/C23H19FN2O3/c1-15(27)26-12-11-16-13-17(5-10-22(16)26)23(28)25-19-6-8-20(9-7-19)29-21-4-2-3-18(24)14-21/h2-10,13-14H,11-12H2,1H3,(H,25,28). The Hall–Kier alpha value is -3.67. The van der Waals surface area contributed by atoms with Gasteiger partial charge in [0, 0.05) is 36.5 Å². The minimum atomic E-state index is -0.368. The summed E-state index contributed by atoms with van der Waals surface area (Å²) < 4.78 is 18.8. The average molecular weight is 390 g/mol. The van der Waals surface area contributed by atoms with E-state index in [0.29, 0.717) is 29.3 Å². The number of hydrogen-bond donors (Lipinski definition) is 1. The molecule has 0 atom stereocenters. The van der Waals surface area contributed by atoms with Crippen molar-refractivity contribution in [1.29, 1.82) is 0 Å². The number of carbonyl (C=O) groups excluding carboxylic acids is 2. The van der Waals surface area contributed by atoms with Crippen LogP contribution in [0.1, 0.15) is 22.8 Å². The van der Waals surface area contributed by atoms with Crippen LogP contribution in [0.25, 0.3) is 0 Å². The van der Waals surface area contributed by atoms with Gasteiger partial charge in [-0.25, -0.2) is 4.39 Å². The second kappa shape index (κ2) is 7.75. The molecule has 0 radical (unpaired) electrons. The third-order valence-electron chi connectivity index (χ3n) is 4.76. The highest BCUT2D eigenvalue weighted by atomic mass is 19.1. The Balaban J connectivity index is 1.43. The lowest BCUT2D eigenvalue weighted by molar-refractivity contribution is -0.116. The molecular weight excluding hydrogens is 371 g/mol. The first kappa shape index (κ1) is 18.7. The molecule has 0 bridgehead atoms. The van der Waals surface area contributed by atoms with Gasteiger partial charge in [-0.15, -0.1) is 0 Å². The van der Waals surface area contributed by atoms with Crippen LogP contribution in [-0.2, 0) is 11.2 Å². The minimum Gasteiger partial charge on any atom is -0.457 e. The molecule has 29 heavy (non-hydrogen) atoms. The van der Waals surface area contributed by atoms with Crippen molar-refractivity contribution in [2.24, 2.45) is 0 Å². The van der Waals surface area contributed by atoms with Crippen molar-refractivity contribution in [3.63, 3.8) is 0 Å². The van der Waals surface area contributed by atoms with Crippen molar-refractivity contribution in [1.82, 2.24) is 0 Å². The molecule has 4 rings (SSSR count). The molecule has 0 saturated heterocycles. The van der Waals surface area contributed by atoms with E-state index in [9.17, 15) is 14.0 Å². The predicted octanol–water partition coefficient (Wildman–Crippen LogP) is 4.78. The van der Waals surface area contributed by atoms with Gasteiger partial charge in [-0.1, -0.05) is 6.07 Å². The highest BCUT2D eigenvalue weighted by Gasteiger charge is 2.23. The number of halogens is 1. The van der Waals surface area contributed by atoms with Crippen molar-refractivity contribution in [2.75, 3.05) is 16.8 Å². The van der Waals surface area contributed by atoms with Crippen LogP contribution in [-0.4, -0.2) is 18.4 Å². The zero-order chi connectivity index (χ0) is 20.4. The van der Waals surface area contributed by atoms with Crippen molar-refractivity contribution in [2.45, 2.75) is 13.3 Å². The molecule has 1 aliphatic rings. The molecular formula is C23H19FN2O3. The topological polar surface area (TPSA) is 58.6 Å². The number of ether oxygens (including phenoxy) is 1. The van der Waals surface area contributed by atoms with Crippen LogP contribution in [0, 0.1) is 5.82 Å². The molecule has 3 aromatic rings. The van der Waals surface area contributed by atoms with Gasteiger partial charge in [0.15, 0.2) is 0 Å². The highest BCUT2D eigenvalue weighted by Crippen LogP contribution is 2.29. The summed E-state index contributed by atoms with van der Waals surface area (Å²) in [5, 5.41) is 2.85. The van der Waals surface area contributed by atoms with E-state index < -0.39 is 0 Å². The molecule has 5 nitrogen and oxygen atoms in total. The van der Waals surface area contributed by atoms with Gasteiger partial charge >= 0.3 is 0 Å². The lowest BCUT2D eigenvalue weighted by Crippen LogP contribution is -2.25. The van der Waals surface area contributed by atoms with Gasteiger partial charge in [0.25, 0.3) is 5.91 Å². The van der Waals surface area contributed by atoms with Crippen LogP contribution >= 0.6 is 0 Å². The van der Waals surface area contributed by atoms with Crippen LogP contribution in [0.3, 0.4) is 0 Å². The molecule has 3 aromatic carbocycles. The number of anilines is 2. The zero-order valence-corrected chi connectivity index (χ0v) is 15.8. The number of nitrogens with one attached hydrogen (secondary N) is 1. The molecule has 1 N–H and O–H groups in total. The number of rotatable bonds is 4. The molecule has 0 unspecified atom stereocenters. The summed E-state index contributed by atoms with van der Waals surface area (Å²) in [7, 11) is 0.